The third-order valence-corrected chi connectivity index (χ3v) is 6.32. The molecule has 0 aliphatic rings. The first-order chi connectivity index (χ1) is 20.7. The number of hydrogen-bond donors (Lipinski definition) is 10. The van der Waals surface area contributed by atoms with Gasteiger partial charge in [-0.15, -0.1) is 0 Å². The van der Waals surface area contributed by atoms with Crippen LogP contribution in [0.3, 0.4) is 0 Å². The Balaban J connectivity index is 2.31. The van der Waals surface area contributed by atoms with Crippen molar-refractivity contribution in [3.8, 4) is 11.5 Å². The molecule has 0 heterocycles. The maximum Gasteiger partial charge on any atom is 0.326 e. The SMILES string of the molecule is NC(N)=NCCCC(N)C(=O)NC(Cc1ccc(O)cc1)C(=O)NC(Cc1ccc(O)cc1)C(=O)NC(CC(=O)O)C(=O)O. The zero-order chi connectivity index (χ0) is 32.8. The van der Waals surface area contributed by atoms with E-state index in [9.17, 15) is 39.3 Å². The molecular weight excluding hydrogens is 578 g/mol. The number of hydrogen-bond acceptors (Lipinski definition) is 9. The number of amides is 3. The lowest BCUT2D eigenvalue weighted by molar-refractivity contribution is -0.147. The second-order valence-electron chi connectivity index (χ2n) is 9.92. The van der Waals surface area contributed by atoms with Crippen molar-refractivity contribution in [3.63, 3.8) is 0 Å². The van der Waals surface area contributed by atoms with Crippen molar-refractivity contribution in [2.75, 3.05) is 6.54 Å². The third-order valence-electron chi connectivity index (χ3n) is 6.32. The van der Waals surface area contributed by atoms with Crippen LogP contribution in [0.1, 0.15) is 30.4 Å². The Bertz CT molecular complexity index is 1330. The number of phenols is 2. The number of aliphatic imine (C=N–C) groups is 1. The van der Waals surface area contributed by atoms with Crippen molar-refractivity contribution < 1.29 is 44.4 Å². The lowest BCUT2D eigenvalue weighted by Crippen LogP contribution is -2.58. The molecule has 0 saturated carbocycles. The topological polar surface area (TPSA) is 293 Å². The van der Waals surface area contributed by atoms with Gasteiger partial charge in [0, 0.05) is 19.4 Å². The van der Waals surface area contributed by atoms with E-state index >= 15 is 0 Å². The van der Waals surface area contributed by atoms with Gasteiger partial charge < -0.3 is 53.6 Å². The summed E-state index contributed by atoms with van der Waals surface area (Å²) in [5.41, 5.74) is 17.6. The van der Waals surface area contributed by atoms with E-state index in [-0.39, 0.29) is 43.3 Å². The van der Waals surface area contributed by atoms with Gasteiger partial charge in [-0.2, -0.15) is 0 Å². The molecule has 2 rings (SSSR count). The fraction of sp³-hybridized carbons (Fsp3) is 0.357. The zero-order valence-electron chi connectivity index (χ0n) is 23.7. The van der Waals surface area contributed by atoms with Gasteiger partial charge in [-0.3, -0.25) is 24.2 Å². The molecule has 2 aromatic carbocycles. The molecule has 238 valence electrons. The van der Waals surface area contributed by atoms with E-state index in [4.69, 9.17) is 22.3 Å². The minimum absolute atomic E-state index is 0.0263. The van der Waals surface area contributed by atoms with Crippen LogP contribution in [0.2, 0.25) is 0 Å². The summed E-state index contributed by atoms with van der Waals surface area (Å²) in [6, 6.07) is 5.95. The number of guanidine groups is 1. The second-order valence-corrected chi connectivity index (χ2v) is 9.92. The highest BCUT2D eigenvalue weighted by Crippen LogP contribution is 2.14. The van der Waals surface area contributed by atoms with Crippen molar-refractivity contribution >= 4 is 35.6 Å². The van der Waals surface area contributed by atoms with Crippen LogP contribution in [0.4, 0.5) is 0 Å². The van der Waals surface area contributed by atoms with Crippen LogP contribution in [0, 0.1) is 0 Å². The van der Waals surface area contributed by atoms with Gasteiger partial charge in [-0.25, -0.2) is 4.79 Å². The Morgan fingerprint density at radius 1 is 0.705 bits per heavy atom. The summed E-state index contributed by atoms with van der Waals surface area (Å²) in [6.45, 7) is 0.230. The number of rotatable bonds is 17. The molecule has 0 spiro atoms. The zero-order valence-corrected chi connectivity index (χ0v) is 23.7. The number of carboxylic acid groups (broad SMARTS) is 2. The van der Waals surface area contributed by atoms with Crippen LogP contribution < -0.4 is 33.2 Å². The molecule has 0 fully saturated rings. The highest BCUT2D eigenvalue weighted by molar-refractivity contribution is 5.95. The lowest BCUT2D eigenvalue weighted by atomic mass is 10.0. The minimum atomic E-state index is -1.79. The standard InChI is InChI=1S/C28H37N7O9/c29-19(2-1-11-32-28(30)31)24(40)33-20(12-15-3-7-17(36)8-4-15)25(41)34-21(13-16-5-9-18(37)10-6-16)26(42)35-22(27(43)44)14-23(38)39/h3-10,19-22,36-37H,1-2,11-14,29H2,(H,33,40)(H,34,41)(H,35,42)(H,38,39)(H,43,44)(H4,30,31,32). The van der Waals surface area contributed by atoms with E-state index in [2.05, 4.69) is 20.9 Å². The molecule has 2 aromatic rings. The second kappa shape index (κ2) is 16.9. The van der Waals surface area contributed by atoms with Crippen LogP contribution in [-0.2, 0) is 36.8 Å². The molecule has 0 saturated heterocycles. The molecule has 13 N–H and O–H groups in total. The number of nitrogens with two attached hydrogens (primary N) is 3. The lowest BCUT2D eigenvalue weighted by Gasteiger charge is -2.25. The van der Waals surface area contributed by atoms with Crippen LogP contribution in [-0.4, -0.2) is 86.8 Å². The summed E-state index contributed by atoms with van der Waals surface area (Å²) in [6.07, 6.45) is -0.620. The van der Waals surface area contributed by atoms with Gasteiger partial charge in [0.1, 0.15) is 29.6 Å². The fourth-order valence-electron chi connectivity index (χ4n) is 4.00. The van der Waals surface area contributed by atoms with E-state index in [1.807, 2.05) is 0 Å². The normalized spacial score (nSPS) is 13.4. The Labute approximate surface area is 252 Å². The van der Waals surface area contributed by atoms with Gasteiger partial charge in [0.15, 0.2) is 5.96 Å². The first-order valence-corrected chi connectivity index (χ1v) is 13.5. The molecule has 16 nitrogen and oxygen atoms in total. The van der Waals surface area contributed by atoms with Gasteiger partial charge in [-0.1, -0.05) is 24.3 Å². The summed E-state index contributed by atoms with van der Waals surface area (Å²) in [5, 5.41) is 44.9. The van der Waals surface area contributed by atoms with Crippen molar-refractivity contribution in [1.82, 2.24) is 16.0 Å². The summed E-state index contributed by atoms with van der Waals surface area (Å²) >= 11 is 0. The van der Waals surface area contributed by atoms with E-state index < -0.39 is 60.2 Å². The van der Waals surface area contributed by atoms with E-state index in [0.29, 0.717) is 17.5 Å². The first kappa shape index (κ1) is 34.8. The summed E-state index contributed by atoms with van der Waals surface area (Å²) in [5.74, 6) is -5.77. The molecule has 0 aliphatic carbocycles. The summed E-state index contributed by atoms with van der Waals surface area (Å²) in [7, 11) is 0. The summed E-state index contributed by atoms with van der Waals surface area (Å²) < 4.78 is 0. The molecule has 0 bridgehead atoms. The quantitative estimate of drug-likeness (QED) is 0.0540. The number of carbonyl (C=O) groups excluding carboxylic acids is 3. The number of phenolic OH excluding ortho intramolecular Hbond substituents is 2. The average Bonchev–Trinajstić information content (AvgIpc) is 2.95. The number of carbonyl (C=O) groups is 5. The largest absolute Gasteiger partial charge is 0.508 e. The monoisotopic (exact) mass is 615 g/mol. The number of nitrogens with zero attached hydrogens (tertiary/aromatic N) is 1. The van der Waals surface area contributed by atoms with Crippen LogP contribution in [0.5, 0.6) is 11.5 Å². The van der Waals surface area contributed by atoms with Gasteiger partial charge in [-0.05, 0) is 48.2 Å². The highest BCUT2D eigenvalue weighted by Gasteiger charge is 2.31. The van der Waals surface area contributed by atoms with E-state index in [0.717, 1.165) is 0 Å². The molecule has 0 aromatic heterocycles. The predicted octanol–water partition coefficient (Wildman–Crippen LogP) is -1.72. The van der Waals surface area contributed by atoms with Crippen LogP contribution >= 0.6 is 0 Å². The number of carboxylic acids is 2. The molecular formula is C28H37N7O9. The molecule has 16 heteroatoms. The Morgan fingerprint density at radius 2 is 1.14 bits per heavy atom. The smallest absolute Gasteiger partial charge is 0.326 e. The number of aliphatic carboxylic acids is 2. The van der Waals surface area contributed by atoms with Gasteiger partial charge in [0.25, 0.3) is 0 Å². The number of benzene rings is 2. The number of aromatic hydroxyl groups is 2. The van der Waals surface area contributed by atoms with Crippen molar-refractivity contribution in [3.05, 3.63) is 59.7 Å². The average molecular weight is 616 g/mol. The molecule has 4 atom stereocenters. The van der Waals surface area contributed by atoms with Gasteiger partial charge >= 0.3 is 11.9 Å². The van der Waals surface area contributed by atoms with E-state index in [1.165, 1.54) is 48.5 Å². The van der Waals surface area contributed by atoms with Gasteiger partial charge in [0.2, 0.25) is 17.7 Å². The maximum absolute atomic E-state index is 13.6. The molecule has 0 aliphatic heterocycles. The van der Waals surface area contributed by atoms with Gasteiger partial charge in [0.05, 0.1) is 12.5 Å². The van der Waals surface area contributed by atoms with Crippen molar-refractivity contribution in [2.45, 2.75) is 56.3 Å². The first-order valence-electron chi connectivity index (χ1n) is 13.5. The van der Waals surface area contributed by atoms with Crippen molar-refractivity contribution in [1.29, 1.82) is 0 Å². The fourth-order valence-corrected chi connectivity index (χ4v) is 4.00. The molecule has 3 amide bonds. The predicted molar refractivity (Wildman–Crippen MR) is 157 cm³/mol. The molecule has 4 unspecified atom stereocenters. The van der Waals surface area contributed by atoms with E-state index in [1.54, 1.807) is 0 Å². The summed E-state index contributed by atoms with van der Waals surface area (Å²) in [4.78, 5) is 66.2. The van der Waals surface area contributed by atoms with Crippen LogP contribution in [0.25, 0.3) is 0 Å². The highest BCUT2D eigenvalue weighted by atomic mass is 16.4. The Hall–Kier alpha value is -5.38. The van der Waals surface area contributed by atoms with Crippen LogP contribution in [0.15, 0.2) is 53.5 Å². The number of nitrogens with one attached hydrogen (secondary N) is 3. The molecule has 44 heavy (non-hydrogen) atoms. The molecule has 0 radical (unpaired) electrons. The Morgan fingerprint density at radius 3 is 1.55 bits per heavy atom. The third kappa shape index (κ3) is 12.2. The van der Waals surface area contributed by atoms with Crippen molar-refractivity contribution in [2.24, 2.45) is 22.2 Å². The maximum atomic E-state index is 13.6. The Kier molecular flexibility index (Phi) is 13.4. The minimum Gasteiger partial charge on any atom is -0.508 e.